The van der Waals surface area contributed by atoms with Crippen LogP contribution in [-0.2, 0) is 12.8 Å². The summed E-state index contributed by atoms with van der Waals surface area (Å²) in [5.74, 6) is 0. The maximum Gasteiger partial charge on any atom is 0.0339 e. The summed E-state index contributed by atoms with van der Waals surface area (Å²) in [5.41, 5.74) is 2.82. The van der Waals surface area contributed by atoms with Crippen LogP contribution in [-0.4, -0.2) is 5.38 Å². The van der Waals surface area contributed by atoms with E-state index in [0.717, 1.165) is 25.7 Å². The average molecular weight is 225 g/mol. The van der Waals surface area contributed by atoms with Gasteiger partial charge in [0.2, 0.25) is 0 Å². The van der Waals surface area contributed by atoms with Gasteiger partial charge in [-0.05, 0) is 36.8 Å². The van der Waals surface area contributed by atoms with E-state index in [-0.39, 0.29) is 0 Å². The maximum absolute atomic E-state index is 6.19. The third-order valence-corrected chi connectivity index (χ3v) is 3.22. The lowest BCUT2D eigenvalue weighted by Crippen LogP contribution is -2.00. The van der Waals surface area contributed by atoms with Crippen molar-refractivity contribution in [1.82, 2.24) is 0 Å². The van der Waals surface area contributed by atoms with Crippen molar-refractivity contribution < 1.29 is 0 Å². The number of hydrogen-bond donors (Lipinski definition) is 0. The Labute approximate surface area is 98.7 Å². The summed E-state index contributed by atoms with van der Waals surface area (Å²) in [4.78, 5) is 0. The van der Waals surface area contributed by atoms with Gasteiger partial charge in [-0.15, -0.1) is 11.6 Å². The molecule has 1 unspecified atom stereocenters. The van der Waals surface area contributed by atoms with E-state index in [1.165, 1.54) is 17.5 Å². The van der Waals surface area contributed by atoms with Crippen LogP contribution in [0.2, 0.25) is 0 Å². The number of alkyl halides is 1. The van der Waals surface area contributed by atoms with Crippen LogP contribution < -0.4 is 0 Å². The highest BCUT2D eigenvalue weighted by Gasteiger charge is 2.03. The van der Waals surface area contributed by atoms with Crippen molar-refractivity contribution in [2.75, 3.05) is 0 Å². The van der Waals surface area contributed by atoms with E-state index in [2.05, 4.69) is 38.1 Å². The molecular weight excluding hydrogens is 204 g/mol. The normalized spacial score (nSPS) is 12.7. The Balaban J connectivity index is 2.37. The molecule has 0 amide bonds. The summed E-state index contributed by atoms with van der Waals surface area (Å²) in [7, 11) is 0. The molecule has 0 saturated carbocycles. The highest BCUT2D eigenvalue weighted by Crippen LogP contribution is 2.14. The second kappa shape index (κ2) is 6.90. The average Bonchev–Trinajstić information content (AvgIpc) is 2.27. The van der Waals surface area contributed by atoms with Crippen LogP contribution in [0.15, 0.2) is 24.3 Å². The van der Waals surface area contributed by atoms with Gasteiger partial charge in [0.25, 0.3) is 0 Å². The summed E-state index contributed by atoms with van der Waals surface area (Å²) in [5, 5.41) is 0.348. The smallest absolute Gasteiger partial charge is 0.0339 e. The van der Waals surface area contributed by atoms with Gasteiger partial charge in [-0.25, -0.2) is 0 Å². The minimum absolute atomic E-state index is 0.348. The predicted molar refractivity (Wildman–Crippen MR) is 68.7 cm³/mol. The molecule has 0 saturated heterocycles. The first-order valence-corrected chi connectivity index (χ1v) is 6.41. The van der Waals surface area contributed by atoms with Crippen molar-refractivity contribution >= 4 is 11.6 Å². The van der Waals surface area contributed by atoms with Gasteiger partial charge in [-0.2, -0.15) is 0 Å². The van der Waals surface area contributed by atoms with E-state index in [1.807, 2.05) is 0 Å². The molecule has 0 N–H and O–H groups in total. The van der Waals surface area contributed by atoms with E-state index in [0.29, 0.717) is 5.38 Å². The second-order valence-electron chi connectivity index (χ2n) is 4.09. The van der Waals surface area contributed by atoms with Gasteiger partial charge >= 0.3 is 0 Å². The Morgan fingerprint density at radius 3 is 2.13 bits per heavy atom. The largest absolute Gasteiger partial charge is 0.123 e. The van der Waals surface area contributed by atoms with E-state index in [4.69, 9.17) is 11.6 Å². The first kappa shape index (κ1) is 12.6. The molecule has 0 aliphatic rings. The summed E-state index contributed by atoms with van der Waals surface area (Å²) < 4.78 is 0. The minimum Gasteiger partial charge on any atom is -0.123 e. The molecule has 0 aromatic heterocycles. The molecule has 0 aliphatic carbocycles. The van der Waals surface area contributed by atoms with Gasteiger partial charge in [-0.3, -0.25) is 0 Å². The predicted octanol–water partition coefficient (Wildman–Crippen LogP) is 4.59. The van der Waals surface area contributed by atoms with Gasteiger partial charge in [-0.1, -0.05) is 44.5 Å². The van der Waals surface area contributed by atoms with Crippen molar-refractivity contribution in [1.29, 1.82) is 0 Å². The van der Waals surface area contributed by atoms with Crippen molar-refractivity contribution in [3.63, 3.8) is 0 Å². The number of hydrogen-bond acceptors (Lipinski definition) is 0. The first-order valence-electron chi connectivity index (χ1n) is 5.98. The van der Waals surface area contributed by atoms with E-state index < -0.39 is 0 Å². The molecule has 1 rings (SSSR count). The maximum atomic E-state index is 6.19. The lowest BCUT2D eigenvalue weighted by atomic mass is 10.0. The van der Waals surface area contributed by atoms with Crippen molar-refractivity contribution in [3.8, 4) is 0 Å². The number of aryl methyl sites for hydroxylation is 2. The lowest BCUT2D eigenvalue weighted by Gasteiger charge is -2.07. The van der Waals surface area contributed by atoms with Crippen LogP contribution in [0.25, 0.3) is 0 Å². The molecule has 84 valence electrons. The summed E-state index contributed by atoms with van der Waals surface area (Å²) in [6.07, 6.45) is 5.64. The molecule has 0 heterocycles. The summed E-state index contributed by atoms with van der Waals surface area (Å²) in [6, 6.07) is 8.90. The zero-order valence-electron chi connectivity index (χ0n) is 9.80. The molecule has 1 aromatic carbocycles. The van der Waals surface area contributed by atoms with Gasteiger partial charge in [0.05, 0.1) is 0 Å². The zero-order valence-corrected chi connectivity index (χ0v) is 10.6. The number of rotatable bonds is 6. The summed E-state index contributed by atoms with van der Waals surface area (Å²) in [6.45, 7) is 4.37. The van der Waals surface area contributed by atoms with Gasteiger partial charge in [0, 0.05) is 5.38 Å². The molecule has 0 radical (unpaired) electrons. The van der Waals surface area contributed by atoms with Crippen LogP contribution in [0.4, 0.5) is 0 Å². The van der Waals surface area contributed by atoms with Crippen molar-refractivity contribution in [2.24, 2.45) is 0 Å². The molecule has 1 heteroatoms. The van der Waals surface area contributed by atoms with E-state index in [9.17, 15) is 0 Å². The van der Waals surface area contributed by atoms with Crippen LogP contribution >= 0.6 is 11.6 Å². The molecule has 0 nitrogen and oxygen atoms in total. The highest BCUT2D eigenvalue weighted by molar-refractivity contribution is 6.20. The second-order valence-corrected chi connectivity index (χ2v) is 4.71. The van der Waals surface area contributed by atoms with Crippen molar-refractivity contribution in [2.45, 2.75) is 51.3 Å². The zero-order chi connectivity index (χ0) is 11.1. The Morgan fingerprint density at radius 1 is 1.00 bits per heavy atom. The Hall–Kier alpha value is -0.490. The van der Waals surface area contributed by atoms with E-state index in [1.54, 1.807) is 0 Å². The molecule has 15 heavy (non-hydrogen) atoms. The number of halogens is 1. The Kier molecular flexibility index (Phi) is 5.78. The monoisotopic (exact) mass is 224 g/mol. The molecule has 0 spiro atoms. The lowest BCUT2D eigenvalue weighted by molar-refractivity contribution is 0.675. The fourth-order valence-electron chi connectivity index (χ4n) is 1.72. The molecular formula is C14H21Cl. The fraction of sp³-hybridized carbons (Fsp3) is 0.571. The number of benzene rings is 1. The topological polar surface area (TPSA) is 0 Å². The standard InChI is InChI=1S/C14H21Cl/c1-3-5-14(15)11-10-13-8-6-12(4-2)7-9-13/h6-9,14H,3-5,10-11H2,1-2H3. The highest BCUT2D eigenvalue weighted by atomic mass is 35.5. The summed E-state index contributed by atoms with van der Waals surface area (Å²) >= 11 is 6.19. The molecule has 0 aliphatic heterocycles. The van der Waals surface area contributed by atoms with E-state index >= 15 is 0 Å². The van der Waals surface area contributed by atoms with Crippen LogP contribution in [0.5, 0.6) is 0 Å². The van der Waals surface area contributed by atoms with Crippen LogP contribution in [0.3, 0.4) is 0 Å². The SMILES string of the molecule is CCCC(Cl)CCc1ccc(CC)cc1. The molecule has 1 aromatic rings. The van der Waals surface area contributed by atoms with Crippen molar-refractivity contribution in [3.05, 3.63) is 35.4 Å². The molecule has 1 atom stereocenters. The molecule has 0 bridgehead atoms. The van der Waals surface area contributed by atoms with Gasteiger partial charge < -0.3 is 0 Å². The minimum atomic E-state index is 0.348. The molecule has 0 fully saturated rings. The third-order valence-electron chi connectivity index (χ3n) is 2.78. The Bertz CT molecular complexity index is 263. The quantitative estimate of drug-likeness (QED) is 0.620. The third kappa shape index (κ3) is 4.70. The first-order chi connectivity index (χ1) is 7.26. The van der Waals surface area contributed by atoms with Crippen LogP contribution in [0, 0.1) is 0 Å². The van der Waals surface area contributed by atoms with Crippen LogP contribution in [0.1, 0.15) is 44.2 Å². The Morgan fingerprint density at radius 2 is 1.60 bits per heavy atom. The fourth-order valence-corrected chi connectivity index (χ4v) is 2.05. The van der Waals surface area contributed by atoms with Gasteiger partial charge in [0.1, 0.15) is 0 Å². The van der Waals surface area contributed by atoms with Gasteiger partial charge in [0.15, 0.2) is 0 Å².